The van der Waals surface area contributed by atoms with Gasteiger partial charge in [-0.3, -0.25) is 0 Å². The van der Waals surface area contributed by atoms with Crippen LogP contribution in [0.3, 0.4) is 0 Å². The lowest BCUT2D eigenvalue weighted by Gasteiger charge is -2.25. The molecule has 1 aliphatic carbocycles. The van der Waals surface area contributed by atoms with Crippen LogP contribution in [0.15, 0.2) is 0 Å². The molecule has 17 heavy (non-hydrogen) atoms. The van der Waals surface area contributed by atoms with E-state index in [2.05, 4.69) is 27.0 Å². The van der Waals surface area contributed by atoms with Crippen molar-refractivity contribution in [2.75, 3.05) is 6.54 Å². The maximum atomic E-state index is 4.43. The van der Waals surface area contributed by atoms with E-state index >= 15 is 0 Å². The van der Waals surface area contributed by atoms with Gasteiger partial charge in [0, 0.05) is 6.04 Å². The zero-order valence-electron chi connectivity index (χ0n) is 10.7. The lowest BCUT2D eigenvalue weighted by atomic mass is 10.0. The van der Waals surface area contributed by atoms with Crippen molar-refractivity contribution in [3.05, 3.63) is 11.6 Å². The molecule has 2 aliphatic rings. The van der Waals surface area contributed by atoms with Crippen LogP contribution in [0.4, 0.5) is 0 Å². The molecular formula is C13H22N4. The molecule has 0 spiro atoms. The maximum Gasteiger partial charge on any atom is 0.150 e. The molecule has 1 saturated carbocycles. The van der Waals surface area contributed by atoms with Crippen LogP contribution in [0.5, 0.6) is 0 Å². The molecule has 1 saturated heterocycles. The highest BCUT2D eigenvalue weighted by molar-refractivity contribution is 5.04. The van der Waals surface area contributed by atoms with E-state index in [1.54, 1.807) is 0 Å². The third kappa shape index (κ3) is 2.10. The Hall–Kier alpha value is -0.900. The van der Waals surface area contributed by atoms with E-state index in [9.17, 15) is 0 Å². The summed E-state index contributed by atoms with van der Waals surface area (Å²) < 4.78 is 2.41. The molecule has 1 aromatic heterocycles. The predicted octanol–water partition coefficient (Wildman–Crippen LogP) is 2.52. The molecule has 1 N–H and O–H groups in total. The van der Waals surface area contributed by atoms with Crippen molar-refractivity contribution in [2.45, 2.75) is 64.0 Å². The fraction of sp³-hybridized carbons (Fsp3) is 0.846. The molecule has 4 heteroatoms. The van der Waals surface area contributed by atoms with Crippen molar-refractivity contribution >= 4 is 0 Å². The van der Waals surface area contributed by atoms with Gasteiger partial charge in [-0.1, -0.05) is 19.3 Å². The Morgan fingerprint density at radius 2 is 1.82 bits per heavy atom. The average molecular weight is 234 g/mol. The van der Waals surface area contributed by atoms with Crippen LogP contribution in [0.2, 0.25) is 0 Å². The summed E-state index contributed by atoms with van der Waals surface area (Å²) in [6, 6.07) is 1.09. The summed E-state index contributed by atoms with van der Waals surface area (Å²) in [4.78, 5) is 0. The van der Waals surface area contributed by atoms with Crippen LogP contribution < -0.4 is 5.32 Å². The molecule has 1 unspecified atom stereocenters. The third-order valence-corrected chi connectivity index (χ3v) is 4.20. The van der Waals surface area contributed by atoms with Crippen molar-refractivity contribution < 1.29 is 0 Å². The minimum atomic E-state index is 0.436. The number of piperidine rings is 1. The highest BCUT2D eigenvalue weighted by Crippen LogP contribution is 2.33. The molecule has 0 aromatic carbocycles. The monoisotopic (exact) mass is 234 g/mol. The number of rotatable bonds is 2. The van der Waals surface area contributed by atoms with Crippen molar-refractivity contribution in [3.8, 4) is 0 Å². The van der Waals surface area contributed by atoms with Gasteiger partial charge < -0.3 is 9.88 Å². The van der Waals surface area contributed by atoms with Crippen LogP contribution in [-0.4, -0.2) is 21.3 Å². The fourth-order valence-corrected chi connectivity index (χ4v) is 3.31. The Kier molecular flexibility index (Phi) is 3.14. The van der Waals surface area contributed by atoms with E-state index < -0.39 is 0 Å². The normalized spacial score (nSPS) is 26.5. The van der Waals surface area contributed by atoms with Gasteiger partial charge in [-0.2, -0.15) is 0 Å². The summed E-state index contributed by atoms with van der Waals surface area (Å²) in [5.41, 5.74) is 0. The first-order valence-corrected chi connectivity index (χ1v) is 7.01. The Morgan fingerprint density at radius 3 is 2.53 bits per heavy atom. The Bertz CT molecular complexity index is 373. The standard InChI is InChI=1S/C13H22N4/c1-10-15-16-13(12-8-4-5-9-14-12)17(10)11-6-2-3-7-11/h11-12,14H,2-9H2,1H3. The Labute approximate surface area is 103 Å². The Balaban J connectivity index is 1.87. The summed E-state index contributed by atoms with van der Waals surface area (Å²) in [6.07, 6.45) is 9.16. The second-order valence-corrected chi connectivity index (χ2v) is 5.42. The van der Waals surface area contributed by atoms with E-state index in [0.29, 0.717) is 12.1 Å². The quantitative estimate of drug-likeness (QED) is 0.855. The summed E-state index contributed by atoms with van der Waals surface area (Å²) in [5.74, 6) is 2.29. The number of hydrogen-bond acceptors (Lipinski definition) is 3. The first kappa shape index (κ1) is 11.2. The van der Waals surface area contributed by atoms with E-state index in [4.69, 9.17) is 0 Å². The van der Waals surface area contributed by atoms with Crippen LogP contribution >= 0.6 is 0 Å². The van der Waals surface area contributed by atoms with Crippen molar-refractivity contribution in [1.29, 1.82) is 0 Å². The van der Waals surface area contributed by atoms with Gasteiger partial charge in [0.05, 0.1) is 6.04 Å². The molecule has 1 aromatic rings. The molecule has 2 fully saturated rings. The zero-order chi connectivity index (χ0) is 11.7. The smallest absolute Gasteiger partial charge is 0.150 e. The number of aryl methyl sites for hydroxylation is 1. The second-order valence-electron chi connectivity index (χ2n) is 5.42. The summed E-state index contributed by atoms with van der Waals surface area (Å²) in [5, 5.41) is 12.3. The van der Waals surface area contributed by atoms with Crippen LogP contribution in [0, 0.1) is 6.92 Å². The fourth-order valence-electron chi connectivity index (χ4n) is 3.31. The van der Waals surface area contributed by atoms with E-state index in [1.165, 1.54) is 50.8 Å². The zero-order valence-corrected chi connectivity index (χ0v) is 10.7. The molecule has 0 amide bonds. The summed E-state index contributed by atoms with van der Waals surface area (Å²) in [7, 11) is 0. The maximum absolute atomic E-state index is 4.43. The first-order chi connectivity index (χ1) is 8.36. The van der Waals surface area contributed by atoms with E-state index in [-0.39, 0.29) is 0 Å². The SMILES string of the molecule is Cc1nnc(C2CCCCN2)n1C1CCCC1. The highest BCUT2D eigenvalue weighted by atomic mass is 15.3. The van der Waals surface area contributed by atoms with E-state index in [0.717, 1.165) is 12.4 Å². The van der Waals surface area contributed by atoms with Gasteiger partial charge in [0.1, 0.15) is 11.6 Å². The molecule has 2 heterocycles. The molecule has 94 valence electrons. The van der Waals surface area contributed by atoms with Gasteiger partial charge in [0.15, 0.2) is 0 Å². The van der Waals surface area contributed by atoms with E-state index in [1.807, 2.05) is 0 Å². The number of nitrogens with zero attached hydrogens (tertiary/aromatic N) is 3. The average Bonchev–Trinajstić information content (AvgIpc) is 2.99. The van der Waals surface area contributed by atoms with Crippen LogP contribution in [-0.2, 0) is 0 Å². The van der Waals surface area contributed by atoms with Gasteiger partial charge >= 0.3 is 0 Å². The minimum Gasteiger partial charge on any atom is -0.311 e. The van der Waals surface area contributed by atoms with Crippen LogP contribution in [0.1, 0.15) is 68.7 Å². The summed E-state index contributed by atoms with van der Waals surface area (Å²) in [6.45, 7) is 3.22. The van der Waals surface area contributed by atoms with Crippen molar-refractivity contribution in [3.63, 3.8) is 0 Å². The van der Waals surface area contributed by atoms with Crippen molar-refractivity contribution in [1.82, 2.24) is 20.1 Å². The first-order valence-electron chi connectivity index (χ1n) is 7.01. The van der Waals surface area contributed by atoms with Gasteiger partial charge in [-0.05, 0) is 39.2 Å². The predicted molar refractivity (Wildman–Crippen MR) is 66.9 cm³/mol. The van der Waals surface area contributed by atoms with Gasteiger partial charge in [0.25, 0.3) is 0 Å². The number of hydrogen-bond donors (Lipinski definition) is 1. The lowest BCUT2D eigenvalue weighted by molar-refractivity contribution is 0.368. The minimum absolute atomic E-state index is 0.436. The molecule has 1 aliphatic heterocycles. The second kappa shape index (κ2) is 4.77. The highest BCUT2D eigenvalue weighted by Gasteiger charge is 2.27. The van der Waals surface area contributed by atoms with Gasteiger partial charge in [-0.25, -0.2) is 0 Å². The Morgan fingerprint density at radius 1 is 1.06 bits per heavy atom. The molecule has 0 bridgehead atoms. The molecule has 0 radical (unpaired) electrons. The van der Waals surface area contributed by atoms with Crippen molar-refractivity contribution in [2.24, 2.45) is 0 Å². The summed E-state index contributed by atoms with van der Waals surface area (Å²) >= 11 is 0. The lowest BCUT2D eigenvalue weighted by Crippen LogP contribution is -2.30. The largest absolute Gasteiger partial charge is 0.311 e. The van der Waals surface area contributed by atoms with Gasteiger partial charge in [0.2, 0.25) is 0 Å². The number of aromatic nitrogens is 3. The third-order valence-electron chi connectivity index (χ3n) is 4.20. The topological polar surface area (TPSA) is 42.7 Å². The van der Waals surface area contributed by atoms with Gasteiger partial charge in [-0.15, -0.1) is 10.2 Å². The molecule has 3 rings (SSSR count). The molecule has 4 nitrogen and oxygen atoms in total. The molecular weight excluding hydrogens is 212 g/mol. The number of nitrogens with one attached hydrogen (secondary N) is 1. The van der Waals surface area contributed by atoms with Crippen LogP contribution in [0.25, 0.3) is 0 Å². The molecule has 1 atom stereocenters.